The Morgan fingerprint density at radius 3 is 2.83 bits per heavy atom. The molecule has 2 aromatic carbocycles. The van der Waals surface area contributed by atoms with Crippen LogP contribution in [0.5, 0.6) is 0 Å². The van der Waals surface area contributed by atoms with Gasteiger partial charge in [-0.05, 0) is 41.8 Å². The van der Waals surface area contributed by atoms with E-state index in [-0.39, 0.29) is 11.7 Å². The fourth-order valence-corrected chi connectivity index (χ4v) is 2.49. The first kappa shape index (κ1) is 15.2. The van der Waals surface area contributed by atoms with Crippen molar-refractivity contribution in [2.24, 2.45) is 0 Å². The van der Waals surface area contributed by atoms with Crippen molar-refractivity contribution in [3.63, 3.8) is 0 Å². The third kappa shape index (κ3) is 3.39. The van der Waals surface area contributed by atoms with Crippen LogP contribution >= 0.6 is 0 Å². The molecular weight excluding hydrogens is 293 g/mol. The molecule has 4 nitrogen and oxygen atoms in total. The van der Waals surface area contributed by atoms with Crippen LogP contribution in [-0.2, 0) is 4.79 Å². The predicted molar refractivity (Wildman–Crippen MR) is 89.6 cm³/mol. The summed E-state index contributed by atoms with van der Waals surface area (Å²) in [6, 6.07) is 12.1. The number of H-pyrrole nitrogens is 1. The number of hydrogen-bond donors (Lipinski definition) is 2. The van der Waals surface area contributed by atoms with E-state index in [1.807, 2.05) is 31.2 Å². The number of benzene rings is 2. The Morgan fingerprint density at radius 2 is 2.04 bits per heavy atom. The maximum absolute atomic E-state index is 13.3. The summed E-state index contributed by atoms with van der Waals surface area (Å²) in [5, 5.41) is 10.7. The molecule has 0 unspecified atom stereocenters. The Morgan fingerprint density at radius 1 is 1.22 bits per heavy atom. The summed E-state index contributed by atoms with van der Waals surface area (Å²) in [5.74, 6) is 0.234. The second-order valence-electron chi connectivity index (χ2n) is 5.49. The first-order chi connectivity index (χ1) is 11.2. The number of anilines is 1. The van der Waals surface area contributed by atoms with Crippen LogP contribution in [0, 0.1) is 5.82 Å². The highest BCUT2D eigenvalue weighted by molar-refractivity contribution is 6.00. The zero-order valence-electron chi connectivity index (χ0n) is 12.9. The van der Waals surface area contributed by atoms with Crippen LogP contribution in [0.4, 0.5) is 10.2 Å². The zero-order chi connectivity index (χ0) is 16.2. The Bertz CT molecular complexity index is 841. The van der Waals surface area contributed by atoms with Crippen LogP contribution in [0.15, 0.2) is 42.5 Å². The van der Waals surface area contributed by atoms with Crippen LogP contribution in [-0.4, -0.2) is 16.1 Å². The average Bonchev–Trinajstić information content (AvgIpc) is 2.95. The molecule has 1 heterocycles. The number of carbonyl (C=O) groups excluding carboxylic acids is 1. The first-order valence-corrected chi connectivity index (χ1v) is 7.71. The van der Waals surface area contributed by atoms with E-state index in [4.69, 9.17) is 0 Å². The van der Waals surface area contributed by atoms with Crippen LogP contribution in [0.1, 0.15) is 26.2 Å². The number of rotatable bonds is 5. The van der Waals surface area contributed by atoms with E-state index in [1.165, 1.54) is 12.1 Å². The molecule has 0 fully saturated rings. The van der Waals surface area contributed by atoms with E-state index in [9.17, 15) is 9.18 Å². The molecule has 0 spiro atoms. The first-order valence-electron chi connectivity index (χ1n) is 7.71. The predicted octanol–water partition coefficient (Wildman–Crippen LogP) is 4.50. The molecule has 0 saturated carbocycles. The van der Waals surface area contributed by atoms with Gasteiger partial charge in [-0.1, -0.05) is 31.5 Å². The fraction of sp³-hybridized carbons (Fsp3) is 0.222. The number of nitrogens with one attached hydrogen (secondary N) is 2. The molecule has 0 atom stereocenters. The topological polar surface area (TPSA) is 57.8 Å². The molecule has 3 aromatic rings. The van der Waals surface area contributed by atoms with Crippen molar-refractivity contribution in [1.82, 2.24) is 10.2 Å². The lowest BCUT2D eigenvalue weighted by atomic mass is 10.0. The van der Waals surface area contributed by atoms with Crippen molar-refractivity contribution in [2.75, 3.05) is 5.32 Å². The number of unbranched alkanes of at least 4 members (excludes halogenated alkanes) is 1. The summed E-state index contributed by atoms with van der Waals surface area (Å²) in [5.41, 5.74) is 2.50. The van der Waals surface area contributed by atoms with Gasteiger partial charge in [0.05, 0.1) is 5.52 Å². The number of amides is 1. The summed E-state index contributed by atoms with van der Waals surface area (Å²) in [4.78, 5) is 11.8. The lowest BCUT2D eigenvalue weighted by molar-refractivity contribution is -0.116. The minimum atomic E-state index is -0.268. The highest BCUT2D eigenvalue weighted by atomic mass is 19.1. The maximum Gasteiger partial charge on any atom is 0.225 e. The average molecular weight is 311 g/mol. The normalized spacial score (nSPS) is 10.9. The molecule has 1 aromatic heterocycles. The molecule has 23 heavy (non-hydrogen) atoms. The molecule has 0 aliphatic carbocycles. The molecule has 118 valence electrons. The van der Waals surface area contributed by atoms with Gasteiger partial charge in [-0.3, -0.25) is 9.89 Å². The molecule has 0 aliphatic rings. The molecule has 5 heteroatoms. The maximum atomic E-state index is 13.3. The van der Waals surface area contributed by atoms with Crippen molar-refractivity contribution in [3.05, 3.63) is 48.3 Å². The van der Waals surface area contributed by atoms with Gasteiger partial charge in [0.15, 0.2) is 5.82 Å². The van der Waals surface area contributed by atoms with E-state index in [2.05, 4.69) is 15.5 Å². The fourth-order valence-electron chi connectivity index (χ4n) is 2.49. The molecule has 3 rings (SSSR count). The molecule has 1 amide bonds. The van der Waals surface area contributed by atoms with Gasteiger partial charge in [0.25, 0.3) is 0 Å². The Labute approximate surface area is 133 Å². The molecule has 0 bridgehead atoms. The van der Waals surface area contributed by atoms with Gasteiger partial charge in [0, 0.05) is 11.8 Å². The lowest BCUT2D eigenvalue weighted by Gasteiger charge is -2.03. The number of hydrogen-bond acceptors (Lipinski definition) is 2. The standard InChI is InChI=1S/C18H18FN3O/c1-2-3-7-17(23)20-18-15-9-8-13(11-16(15)21-22-18)12-5-4-6-14(19)10-12/h4-6,8-11H,2-3,7H2,1H3,(H2,20,21,22,23). The summed E-state index contributed by atoms with van der Waals surface area (Å²) < 4.78 is 13.3. The largest absolute Gasteiger partial charge is 0.309 e. The van der Waals surface area contributed by atoms with Crippen LogP contribution in [0.2, 0.25) is 0 Å². The van der Waals surface area contributed by atoms with E-state index < -0.39 is 0 Å². The van der Waals surface area contributed by atoms with Gasteiger partial charge in [-0.2, -0.15) is 5.10 Å². The van der Waals surface area contributed by atoms with Gasteiger partial charge in [0.1, 0.15) is 5.82 Å². The monoisotopic (exact) mass is 311 g/mol. The van der Waals surface area contributed by atoms with E-state index in [0.717, 1.165) is 34.9 Å². The third-order valence-electron chi connectivity index (χ3n) is 3.74. The summed E-state index contributed by atoms with van der Waals surface area (Å²) in [7, 11) is 0. The number of nitrogens with zero attached hydrogens (tertiary/aromatic N) is 1. The van der Waals surface area contributed by atoms with Gasteiger partial charge in [0.2, 0.25) is 5.91 Å². The zero-order valence-corrected chi connectivity index (χ0v) is 12.9. The van der Waals surface area contributed by atoms with Crippen molar-refractivity contribution >= 4 is 22.6 Å². The lowest BCUT2D eigenvalue weighted by Crippen LogP contribution is -2.11. The quantitative estimate of drug-likeness (QED) is 0.729. The Kier molecular flexibility index (Phi) is 4.37. The SMILES string of the molecule is CCCCC(=O)Nc1n[nH]c2cc(-c3cccc(F)c3)ccc12. The van der Waals surface area contributed by atoms with Crippen molar-refractivity contribution < 1.29 is 9.18 Å². The second kappa shape index (κ2) is 6.60. The number of aromatic amines is 1. The summed E-state index contributed by atoms with van der Waals surface area (Å²) in [6.45, 7) is 2.05. The molecule has 0 aliphatic heterocycles. The molecule has 0 radical (unpaired) electrons. The molecule has 0 saturated heterocycles. The van der Waals surface area contributed by atoms with Crippen molar-refractivity contribution in [3.8, 4) is 11.1 Å². The highest BCUT2D eigenvalue weighted by Crippen LogP contribution is 2.27. The Balaban J connectivity index is 1.87. The molecular formula is C18H18FN3O. The van der Waals surface area contributed by atoms with Crippen LogP contribution < -0.4 is 5.32 Å². The number of halogens is 1. The van der Waals surface area contributed by atoms with Gasteiger partial charge in [-0.25, -0.2) is 4.39 Å². The van der Waals surface area contributed by atoms with Crippen LogP contribution in [0.25, 0.3) is 22.0 Å². The van der Waals surface area contributed by atoms with E-state index in [0.29, 0.717) is 12.2 Å². The minimum absolute atomic E-state index is 0.0329. The smallest absolute Gasteiger partial charge is 0.225 e. The van der Waals surface area contributed by atoms with Gasteiger partial charge in [-0.15, -0.1) is 0 Å². The second-order valence-corrected chi connectivity index (χ2v) is 5.49. The number of fused-ring (bicyclic) bond motifs is 1. The van der Waals surface area contributed by atoms with Crippen molar-refractivity contribution in [1.29, 1.82) is 0 Å². The highest BCUT2D eigenvalue weighted by Gasteiger charge is 2.10. The molecule has 2 N–H and O–H groups in total. The van der Waals surface area contributed by atoms with Gasteiger partial charge >= 0.3 is 0 Å². The minimum Gasteiger partial charge on any atom is -0.309 e. The third-order valence-corrected chi connectivity index (χ3v) is 3.74. The Hall–Kier alpha value is -2.69. The summed E-state index contributed by atoms with van der Waals surface area (Å²) >= 11 is 0. The van der Waals surface area contributed by atoms with Gasteiger partial charge < -0.3 is 5.32 Å². The van der Waals surface area contributed by atoms with Crippen LogP contribution in [0.3, 0.4) is 0 Å². The summed E-state index contributed by atoms with van der Waals surface area (Å²) in [6.07, 6.45) is 2.33. The van der Waals surface area contributed by atoms with E-state index >= 15 is 0 Å². The number of aromatic nitrogens is 2. The van der Waals surface area contributed by atoms with Crippen molar-refractivity contribution in [2.45, 2.75) is 26.2 Å². The number of carbonyl (C=O) groups is 1. The van der Waals surface area contributed by atoms with E-state index in [1.54, 1.807) is 6.07 Å².